The number of allylic oxidation sites excluding steroid dienone is 3. The van der Waals surface area contributed by atoms with Crippen molar-refractivity contribution in [3.8, 4) is 11.1 Å². The zero-order valence-corrected chi connectivity index (χ0v) is 12.5. The first-order valence-electron chi connectivity index (χ1n) is 7.53. The quantitative estimate of drug-likeness (QED) is 0.829. The first kappa shape index (κ1) is 13.7. The standard InChI is InChI=1S/C20H21N/c1-15-6-8-17-10-11-18-9-7-16(5-3-2-4-12-21)14-20(18)19(17)13-15/h2-4,6-9,12-14H,5,10-11,21H2,1H3/b3-2-,12-4-. The van der Waals surface area contributed by atoms with Gasteiger partial charge in [-0.3, -0.25) is 0 Å². The maximum atomic E-state index is 5.33. The van der Waals surface area contributed by atoms with Gasteiger partial charge in [-0.15, -0.1) is 0 Å². The Morgan fingerprint density at radius 2 is 1.67 bits per heavy atom. The van der Waals surface area contributed by atoms with Gasteiger partial charge in [0.15, 0.2) is 0 Å². The predicted octanol–water partition coefficient (Wildman–Crippen LogP) is 4.33. The van der Waals surface area contributed by atoms with Crippen molar-refractivity contribution >= 4 is 0 Å². The van der Waals surface area contributed by atoms with Crippen LogP contribution in [0.4, 0.5) is 0 Å². The van der Waals surface area contributed by atoms with Crippen LogP contribution in [-0.4, -0.2) is 0 Å². The minimum Gasteiger partial charge on any atom is -0.405 e. The van der Waals surface area contributed by atoms with Crippen LogP contribution in [0.25, 0.3) is 11.1 Å². The molecule has 0 aliphatic heterocycles. The molecule has 0 fully saturated rings. The molecule has 1 nitrogen and oxygen atoms in total. The molecule has 0 bridgehead atoms. The number of rotatable bonds is 3. The second-order valence-corrected chi connectivity index (χ2v) is 5.67. The summed E-state index contributed by atoms with van der Waals surface area (Å²) in [6, 6.07) is 13.7. The van der Waals surface area contributed by atoms with E-state index in [0.29, 0.717) is 0 Å². The Labute approximate surface area is 126 Å². The summed E-state index contributed by atoms with van der Waals surface area (Å²) in [4.78, 5) is 0. The summed E-state index contributed by atoms with van der Waals surface area (Å²) in [5.41, 5.74) is 13.8. The fourth-order valence-corrected chi connectivity index (χ4v) is 2.99. The average molecular weight is 275 g/mol. The van der Waals surface area contributed by atoms with Gasteiger partial charge >= 0.3 is 0 Å². The molecule has 3 rings (SSSR count). The van der Waals surface area contributed by atoms with Crippen LogP contribution in [0.1, 0.15) is 22.3 Å². The van der Waals surface area contributed by atoms with Gasteiger partial charge in [-0.1, -0.05) is 54.1 Å². The molecule has 0 unspecified atom stereocenters. The van der Waals surface area contributed by atoms with Crippen molar-refractivity contribution in [3.05, 3.63) is 83.1 Å². The molecule has 106 valence electrons. The van der Waals surface area contributed by atoms with E-state index in [1.807, 2.05) is 12.2 Å². The molecule has 2 aromatic carbocycles. The Bertz CT molecular complexity index is 708. The molecule has 2 aromatic rings. The third-order valence-corrected chi connectivity index (χ3v) is 4.11. The summed E-state index contributed by atoms with van der Waals surface area (Å²) in [6.45, 7) is 2.17. The van der Waals surface area contributed by atoms with Gasteiger partial charge in [0.05, 0.1) is 0 Å². The van der Waals surface area contributed by atoms with E-state index in [9.17, 15) is 0 Å². The third-order valence-electron chi connectivity index (χ3n) is 4.11. The minimum absolute atomic E-state index is 0.943. The molecule has 0 amide bonds. The van der Waals surface area contributed by atoms with Crippen molar-refractivity contribution in [1.29, 1.82) is 0 Å². The minimum atomic E-state index is 0.943. The maximum Gasteiger partial charge on any atom is -0.00625 e. The number of aryl methyl sites for hydroxylation is 3. The Balaban J connectivity index is 1.96. The average Bonchev–Trinajstić information content (AvgIpc) is 2.51. The van der Waals surface area contributed by atoms with E-state index in [-0.39, 0.29) is 0 Å². The van der Waals surface area contributed by atoms with E-state index in [2.05, 4.69) is 49.4 Å². The van der Waals surface area contributed by atoms with Gasteiger partial charge in [0.2, 0.25) is 0 Å². The highest BCUT2D eigenvalue weighted by atomic mass is 14.5. The highest BCUT2D eigenvalue weighted by Gasteiger charge is 2.16. The van der Waals surface area contributed by atoms with Crippen molar-refractivity contribution < 1.29 is 0 Å². The molecule has 1 aliphatic carbocycles. The van der Waals surface area contributed by atoms with Crippen molar-refractivity contribution in [2.24, 2.45) is 5.73 Å². The zero-order valence-electron chi connectivity index (χ0n) is 12.5. The van der Waals surface area contributed by atoms with Crippen LogP contribution < -0.4 is 5.73 Å². The lowest BCUT2D eigenvalue weighted by molar-refractivity contribution is 0.938. The SMILES string of the molecule is Cc1ccc2c(c1)-c1cc(C/C=C\C=C/N)ccc1CC2. The van der Waals surface area contributed by atoms with Crippen molar-refractivity contribution in [2.45, 2.75) is 26.2 Å². The first-order chi connectivity index (χ1) is 10.3. The fourth-order valence-electron chi connectivity index (χ4n) is 2.99. The largest absolute Gasteiger partial charge is 0.405 e. The molecule has 1 heteroatoms. The zero-order chi connectivity index (χ0) is 14.7. The predicted molar refractivity (Wildman–Crippen MR) is 90.2 cm³/mol. The maximum absolute atomic E-state index is 5.33. The Kier molecular flexibility index (Phi) is 3.92. The van der Waals surface area contributed by atoms with Gasteiger partial charge in [0.1, 0.15) is 0 Å². The van der Waals surface area contributed by atoms with Crippen LogP contribution in [0.15, 0.2) is 60.8 Å². The highest BCUT2D eigenvalue weighted by Crippen LogP contribution is 2.34. The fraction of sp³-hybridized carbons (Fsp3) is 0.200. The Hall–Kier alpha value is -2.28. The van der Waals surface area contributed by atoms with Crippen molar-refractivity contribution in [1.82, 2.24) is 0 Å². The summed E-state index contributed by atoms with van der Waals surface area (Å²) in [6.07, 6.45) is 10.8. The smallest absolute Gasteiger partial charge is 0.00625 e. The molecule has 1 aliphatic rings. The molecular weight excluding hydrogens is 254 g/mol. The summed E-state index contributed by atoms with van der Waals surface area (Å²) in [7, 11) is 0. The Morgan fingerprint density at radius 1 is 0.952 bits per heavy atom. The molecule has 0 aromatic heterocycles. The first-order valence-corrected chi connectivity index (χ1v) is 7.53. The molecule has 0 heterocycles. The lowest BCUT2D eigenvalue weighted by atomic mass is 9.84. The van der Waals surface area contributed by atoms with Crippen LogP contribution in [0.3, 0.4) is 0 Å². The summed E-state index contributed by atoms with van der Waals surface area (Å²) in [5.74, 6) is 0. The summed E-state index contributed by atoms with van der Waals surface area (Å²) >= 11 is 0. The van der Waals surface area contributed by atoms with Crippen LogP contribution in [0.5, 0.6) is 0 Å². The van der Waals surface area contributed by atoms with Crippen LogP contribution in [0, 0.1) is 6.92 Å². The van der Waals surface area contributed by atoms with E-state index < -0.39 is 0 Å². The topological polar surface area (TPSA) is 26.0 Å². The highest BCUT2D eigenvalue weighted by molar-refractivity contribution is 5.74. The van der Waals surface area contributed by atoms with Gasteiger partial charge in [-0.25, -0.2) is 0 Å². The lowest BCUT2D eigenvalue weighted by Gasteiger charge is -2.21. The molecular formula is C20H21N. The number of hydrogen-bond donors (Lipinski definition) is 1. The Morgan fingerprint density at radius 3 is 2.43 bits per heavy atom. The van der Waals surface area contributed by atoms with E-state index >= 15 is 0 Å². The van der Waals surface area contributed by atoms with E-state index in [1.165, 1.54) is 33.4 Å². The van der Waals surface area contributed by atoms with Gasteiger partial charge < -0.3 is 5.73 Å². The van der Waals surface area contributed by atoms with Crippen molar-refractivity contribution in [3.63, 3.8) is 0 Å². The van der Waals surface area contributed by atoms with Gasteiger partial charge in [0, 0.05) is 0 Å². The van der Waals surface area contributed by atoms with E-state index in [0.717, 1.165) is 19.3 Å². The molecule has 2 N–H and O–H groups in total. The van der Waals surface area contributed by atoms with Gasteiger partial charge in [0.25, 0.3) is 0 Å². The van der Waals surface area contributed by atoms with Crippen LogP contribution >= 0.6 is 0 Å². The second-order valence-electron chi connectivity index (χ2n) is 5.67. The molecule has 0 atom stereocenters. The van der Waals surface area contributed by atoms with E-state index in [4.69, 9.17) is 5.73 Å². The molecule has 21 heavy (non-hydrogen) atoms. The summed E-state index contributed by atoms with van der Waals surface area (Å²) in [5, 5.41) is 0. The number of nitrogens with two attached hydrogens (primary N) is 1. The second kappa shape index (κ2) is 6.01. The molecule has 0 saturated heterocycles. The van der Waals surface area contributed by atoms with E-state index in [1.54, 1.807) is 6.20 Å². The summed E-state index contributed by atoms with van der Waals surface area (Å²) < 4.78 is 0. The normalized spacial score (nSPS) is 13.6. The van der Waals surface area contributed by atoms with Gasteiger partial charge in [-0.2, -0.15) is 0 Å². The van der Waals surface area contributed by atoms with Crippen LogP contribution in [0.2, 0.25) is 0 Å². The monoisotopic (exact) mass is 275 g/mol. The number of fused-ring (bicyclic) bond motifs is 3. The molecule has 0 spiro atoms. The third kappa shape index (κ3) is 2.92. The molecule has 0 saturated carbocycles. The number of benzene rings is 2. The van der Waals surface area contributed by atoms with Gasteiger partial charge in [-0.05, 0) is 66.3 Å². The van der Waals surface area contributed by atoms with Crippen molar-refractivity contribution in [2.75, 3.05) is 0 Å². The van der Waals surface area contributed by atoms with Crippen LogP contribution in [-0.2, 0) is 19.3 Å². The number of hydrogen-bond acceptors (Lipinski definition) is 1. The molecule has 0 radical (unpaired) electrons. The lowest BCUT2D eigenvalue weighted by Crippen LogP contribution is -2.04.